The second-order valence-electron chi connectivity index (χ2n) is 9.37. The van der Waals surface area contributed by atoms with E-state index in [0.717, 1.165) is 11.1 Å². The van der Waals surface area contributed by atoms with E-state index in [1.807, 2.05) is 26.0 Å². The molecule has 8 heteroatoms. The van der Waals surface area contributed by atoms with Crippen molar-refractivity contribution in [3.8, 4) is 17.3 Å². The summed E-state index contributed by atoms with van der Waals surface area (Å²) in [5, 5.41) is 21.7. The number of sulfone groups is 1. The topological polar surface area (TPSA) is 109 Å². The summed E-state index contributed by atoms with van der Waals surface area (Å²) in [6, 6.07) is 24.7. The molecule has 2 N–H and O–H groups in total. The lowest BCUT2D eigenvalue weighted by Gasteiger charge is -2.14. The minimum atomic E-state index is -3.60. The summed E-state index contributed by atoms with van der Waals surface area (Å²) in [6.07, 6.45) is 1.48. The van der Waals surface area contributed by atoms with Crippen LogP contribution in [0, 0.1) is 13.8 Å². The Kier molecular flexibility index (Phi) is 6.80. The van der Waals surface area contributed by atoms with Crippen LogP contribution >= 0.6 is 0 Å². The Morgan fingerprint density at radius 3 is 2.15 bits per heavy atom. The summed E-state index contributed by atoms with van der Waals surface area (Å²) in [4.78, 5) is 18.0. The molecular weight excluding hydrogens is 512 g/mol. The maximum Gasteiger partial charge on any atom is 0.265 e. The number of aryl methyl sites for hydroxylation is 2. The van der Waals surface area contributed by atoms with Crippen LogP contribution in [0.5, 0.6) is 11.6 Å². The molecule has 0 saturated carbocycles. The first-order chi connectivity index (χ1) is 18.6. The quantitative estimate of drug-likeness (QED) is 0.268. The highest BCUT2D eigenvalue weighted by molar-refractivity contribution is 7.90. The standard InChI is InChI=1S/C31H26N2O5S/c1-20-7-12-24(17-21(20)2)33-30(35)28-6-4-3-5-27(28)29(31(33)36)18-32-23-10-15-26(16-11-23)39(37,38)19-22-8-13-25(34)14-9-22/h3-18,34,36H,19H2,1-2H3. The van der Waals surface area contributed by atoms with Gasteiger partial charge in [0.05, 0.1) is 27.6 Å². The largest absolute Gasteiger partial charge is 0.508 e. The molecular formula is C31H26N2O5S. The second-order valence-corrected chi connectivity index (χ2v) is 11.4. The molecule has 196 valence electrons. The molecule has 4 aromatic carbocycles. The fraction of sp³-hybridized carbons (Fsp3) is 0.0968. The number of pyridine rings is 1. The van der Waals surface area contributed by atoms with E-state index in [2.05, 4.69) is 4.99 Å². The molecule has 7 nitrogen and oxygen atoms in total. The first-order valence-electron chi connectivity index (χ1n) is 12.2. The Balaban J connectivity index is 1.51. The molecule has 0 unspecified atom stereocenters. The van der Waals surface area contributed by atoms with Crippen molar-refractivity contribution < 1.29 is 18.6 Å². The summed E-state index contributed by atoms with van der Waals surface area (Å²) < 4.78 is 27.0. The Hall–Kier alpha value is -4.69. The van der Waals surface area contributed by atoms with Gasteiger partial charge >= 0.3 is 0 Å². The SMILES string of the molecule is Cc1ccc(-n2c(O)c(C=Nc3ccc(S(=O)(=O)Cc4ccc(O)cc4)cc3)c3ccccc3c2=O)cc1C. The van der Waals surface area contributed by atoms with E-state index in [1.165, 1.54) is 35.0 Å². The first-order valence-corrected chi connectivity index (χ1v) is 13.9. The molecule has 0 aliphatic carbocycles. The van der Waals surface area contributed by atoms with Crippen molar-refractivity contribution in [1.29, 1.82) is 0 Å². The van der Waals surface area contributed by atoms with Crippen LogP contribution in [0.2, 0.25) is 0 Å². The number of aromatic hydroxyl groups is 2. The van der Waals surface area contributed by atoms with Crippen LogP contribution in [0.15, 0.2) is 106 Å². The van der Waals surface area contributed by atoms with Crippen LogP contribution in [0.4, 0.5) is 5.69 Å². The number of phenols is 1. The minimum Gasteiger partial charge on any atom is -0.508 e. The van der Waals surface area contributed by atoms with Crippen LogP contribution in [-0.4, -0.2) is 29.4 Å². The fourth-order valence-corrected chi connectivity index (χ4v) is 5.72. The summed E-state index contributed by atoms with van der Waals surface area (Å²) in [5.74, 6) is -0.365. The van der Waals surface area contributed by atoms with Gasteiger partial charge in [-0.2, -0.15) is 0 Å². The molecule has 0 aliphatic heterocycles. The van der Waals surface area contributed by atoms with Gasteiger partial charge in [0, 0.05) is 17.0 Å². The normalized spacial score (nSPS) is 11.8. The van der Waals surface area contributed by atoms with Gasteiger partial charge in [0.1, 0.15) is 5.75 Å². The van der Waals surface area contributed by atoms with Gasteiger partial charge in [0.2, 0.25) is 5.88 Å². The summed E-state index contributed by atoms with van der Waals surface area (Å²) in [6.45, 7) is 3.92. The predicted molar refractivity (Wildman–Crippen MR) is 153 cm³/mol. The number of nitrogens with zero attached hydrogens (tertiary/aromatic N) is 2. The van der Waals surface area contributed by atoms with E-state index in [-0.39, 0.29) is 27.8 Å². The molecule has 0 amide bonds. The first kappa shape index (κ1) is 25.9. The molecule has 0 radical (unpaired) electrons. The summed E-state index contributed by atoms with van der Waals surface area (Å²) in [5.41, 5.74) is 3.68. The number of aliphatic imine (C=N–C) groups is 1. The molecule has 1 heterocycles. The number of hydrogen-bond donors (Lipinski definition) is 2. The number of benzene rings is 4. The molecule has 0 bridgehead atoms. The van der Waals surface area contributed by atoms with Gasteiger partial charge in [0.15, 0.2) is 9.84 Å². The average molecular weight is 539 g/mol. The highest BCUT2D eigenvalue weighted by atomic mass is 32.2. The minimum absolute atomic E-state index is 0.0709. The third-order valence-corrected chi connectivity index (χ3v) is 8.39. The molecule has 5 rings (SSSR count). The van der Waals surface area contributed by atoms with E-state index in [1.54, 1.807) is 54.6 Å². The fourth-order valence-electron chi connectivity index (χ4n) is 4.37. The van der Waals surface area contributed by atoms with Crippen LogP contribution in [0.25, 0.3) is 16.5 Å². The second kappa shape index (κ2) is 10.2. The zero-order valence-corrected chi connectivity index (χ0v) is 22.2. The van der Waals surface area contributed by atoms with Crippen LogP contribution in [-0.2, 0) is 15.6 Å². The van der Waals surface area contributed by atoms with Crippen LogP contribution in [0.3, 0.4) is 0 Å². The number of hydrogen-bond acceptors (Lipinski definition) is 6. The number of aromatic nitrogens is 1. The molecule has 39 heavy (non-hydrogen) atoms. The number of fused-ring (bicyclic) bond motifs is 1. The van der Waals surface area contributed by atoms with Gasteiger partial charge in [0.25, 0.3) is 5.56 Å². The van der Waals surface area contributed by atoms with Crippen molar-refractivity contribution in [2.75, 3.05) is 0 Å². The zero-order chi connectivity index (χ0) is 27.7. The maximum atomic E-state index is 13.3. The van der Waals surface area contributed by atoms with Gasteiger partial charge in [-0.15, -0.1) is 0 Å². The van der Waals surface area contributed by atoms with Crippen LogP contribution < -0.4 is 5.56 Å². The molecule has 0 fully saturated rings. The molecule has 0 atom stereocenters. The lowest BCUT2D eigenvalue weighted by Crippen LogP contribution is -2.20. The zero-order valence-electron chi connectivity index (χ0n) is 21.4. The van der Waals surface area contributed by atoms with Gasteiger partial charge in [-0.3, -0.25) is 9.79 Å². The Labute approximate surface area is 225 Å². The van der Waals surface area contributed by atoms with Gasteiger partial charge in [-0.05, 0) is 85.1 Å². The van der Waals surface area contributed by atoms with E-state index in [0.29, 0.717) is 33.3 Å². The third kappa shape index (κ3) is 5.19. The van der Waals surface area contributed by atoms with Crippen molar-refractivity contribution >= 4 is 32.5 Å². The molecule has 5 aromatic rings. The monoisotopic (exact) mass is 538 g/mol. The van der Waals surface area contributed by atoms with Crippen molar-refractivity contribution in [2.45, 2.75) is 24.5 Å². The molecule has 0 saturated heterocycles. The summed E-state index contributed by atoms with van der Waals surface area (Å²) >= 11 is 0. The van der Waals surface area contributed by atoms with Gasteiger partial charge in [-0.1, -0.05) is 36.4 Å². The molecule has 0 spiro atoms. The van der Waals surface area contributed by atoms with Crippen molar-refractivity contribution in [2.24, 2.45) is 4.99 Å². The maximum absolute atomic E-state index is 13.3. The highest BCUT2D eigenvalue weighted by Gasteiger charge is 2.18. The van der Waals surface area contributed by atoms with Gasteiger partial charge in [-0.25, -0.2) is 13.0 Å². The Bertz CT molecular complexity index is 1890. The van der Waals surface area contributed by atoms with Crippen molar-refractivity contribution in [1.82, 2.24) is 4.57 Å². The van der Waals surface area contributed by atoms with E-state index >= 15 is 0 Å². The molecule has 0 aliphatic rings. The smallest absolute Gasteiger partial charge is 0.265 e. The van der Waals surface area contributed by atoms with Crippen molar-refractivity contribution in [3.63, 3.8) is 0 Å². The van der Waals surface area contributed by atoms with Gasteiger partial charge < -0.3 is 10.2 Å². The average Bonchev–Trinajstić information content (AvgIpc) is 2.92. The Morgan fingerprint density at radius 2 is 1.49 bits per heavy atom. The predicted octanol–water partition coefficient (Wildman–Crippen LogP) is 5.74. The van der Waals surface area contributed by atoms with E-state index < -0.39 is 9.84 Å². The Morgan fingerprint density at radius 1 is 0.821 bits per heavy atom. The lowest BCUT2D eigenvalue weighted by atomic mass is 10.1. The number of phenolic OH excluding ortho intramolecular Hbond substituents is 1. The molecule has 1 aromatic heterocycles. The van der Waals surface area contributed by atoms with Crippen LogP contribution in [0.1, 0.15) is 22.3 Å². The van der Waals surface area contributed by atoms with E-state index in [4.69, 9.17) is 0 Å². The lowest BCUT2D eigenvalue weighted by molar-refractivity contribution is 0.436. The van der Waals surface area contributed by atoms with Crippen molar-refractivity contribution in [3.05, 3.63) is 124 Å². The third-order valence-electron chi connectivity index (χ3n) is 6.68. The summed E-state index contributed by atoms with van der Waals surface area (Å²) in [7, 11) is -3.60. The number of rotatable bonds is 6. The van der Waals surface area contributed by atoms with E-state index in [9.17, 15) is 23.4 Å². The highest BCUT2D eigenvalue weighted by Crippen LogP contribution is 2.28.